The zero-order valence-electron chi connectivity index (χ0n) is 18.5. The van der Waals surface area contributed by atoms with Crippen molar-refractivity contribution in [1.29, 1.82) is 0 Å². The molecule has 0 unspecified atom stereocenters. The van der Waals surface area contributed by atoms with E-state index in [0.29, 0.717) is 5.75 Å². The Bertz CT molecular complexity index is 1210. The molecule has 0 atom stereocenters. The lowest BCUT2D eigenvalue weighted by molar-refractivity contribution is 0.0977. The summed E-state index contributed by atoms with van der Waals surface area (Å²) in [5.41, 5.74) is 2.88. The highest BCUT2D eigenvalue weighted by atomic mass is 79.9. The molecule has 7 heteroatoms. The molecule has 0 saturated carbocycles. The van der Waals surface area contributed by atoms with Gasteiger partial charge in [0.05, 0.1) is 10.5 Å². The molecular weight excluding hydrogens is 490 g/mol. The number of carbonyl (C=O) groups is 1. The summed E-state index contributed by atoms with van der Waals surface area (Å²) in [4.78, 5) is 12.9. The average Bonchev–Trinajstić information content (AvgIpc) is 2.72. The number of aryl methyl sites for hydroxylation is 1. The molecule has 3 aromatic carbocycles. The fourth-order valence-electron chi connectivity index (χ4n) is 3.05. The lowest BCUT2D eigenvalue weighted by Crippen LogP contribution is -2.31. The molecule has 0 fully saturated rings. The largest absolute Gasteiger partial charge is 0.488 e. The fraction of sp³-hybridized carbons (Fsp3) is 0.240. The fourth-order valence-corrected chi connectivity index (χ4v) is 4.28. The van der Waals surface area contributed by atoms with Crippen LogP contribution in [0, 0.1) is 6.92 Å². The van der Waals surface area contributed by atoms with E-state index in [1.165, 1.54) is 12.1 Å². The highest BCUT2D eigenvalue weighted by Gasteiger charge is 2.22. The Labute approximate surface area is 198 Å². The van der Waals surface area contributed by atoms with Gasteiger partial charge in [-0.1, -0.05) is 67.0 Å². The predicted molar refractivity (Wildman–Crippen MR) is 129 cm³/mol. The van der Waals surface area contributed by atoms with E-state index in [2.05, 4.69) is 20.7 Å². The van der Waals surface area contributed by atoms with Crippen molar-refractivity contribution in [3.8, 4) is 5.75 Å². The first-order valence-electron chi connectivity index (χ1n) is 10.1. The van der Waals surface area contributed by atoms with E-state index in [4.69, 9.17) is 4.74 Å². The minimum atomic E-state index is -4.03. The van der Waals surface area contributed by atoms with Crippen LogP contribution in [0.3, 0.4) is 0 Å². The van der Waals surface area contributed by atoms with E-state index in [9.17, 15) is 13.2 Å². The summed E-state index contributed by atoms with van der Waals surface area (Å²) < 4.78 is 34.6. The minimum absolute atomic E-state index is 0.0308. The van der Waals surface area contributed by atoms with Crippen LogP contribution in [-0.4, -0.2) is 14.3 Å². The molecule has 0 spiro atoms. The second-order valence-corrected chi connectivity index (χ2v) is 11.2. The van der Waals surface area contributed by atoms with Crippen molar-refractivity contribution in [2.24, 2.45) is 0 Å². The van der Waals surface area contributed by atoms with E-state index >= 15 is 0 Å². The summed E-state index contributed by atoms with van der Waals surface area (Å²) in [6.45, 7) is 8.27. The molecule has 0 heterocycles. The summed E-state index contributed by atoms with van der Waals surface area (Å²) >= 11 is 3.39. The molecule has 0 saturated heterocycles. The number of benzene rings is 3. The van der Waals surface area contributed by atoms with Gasteiger partial charge in [0.25, 0.3) is 15.9 Å². The summed E-state index contributed by atoms with van der Waals surface area (Å²) in [5.74, 6) is -0.417. The maximum Gasteiger partial charge on any atom is 0.268 e. The van der Waals surface area contributed by atoms with Crippen LogP contribution in [0.5, 0.6) is 5.75 Å². The maximum atomic E-state index is 12.9. The molecule has 0 bridgehead atoms. The Kier molecular flexibility index (Phi) is 7.10. The molecule has 0 aromatic heterocycles. The number of hydrogen-bond donors (Lipinski definition) is 1. The quantitative estimate of drug-likeness (QED) is 0.453. The van der Waals surface area contributed by atoms with Crippen LogP contribution in [-0.2, 0) is 22.0 Å². The van der Waals surface area contributed by atoms with Crippen molar-refractivity contribution in [3.63, 3.8) is 0 Å². The number of rotatable bonds is 6. The van der Waals surface area contributed by atoms with Crippen LogP contribution in [0.1, 0.15) is 47.8 Å². The van der Waals surface area contributed by atoms with Crippen LogP contribution in [0.2, 0.25) is 0 Å². The molecule has 1 amide bonds. The zero-order chi connectivity index (χ0) is 23.5. The van der Waals surface area contributed by atoms with Crippen LogP contribution in [0.4, 0.5) is 0 Å². The third-order valence-electron chi connectivity index (χ3n) is 4.95. The van der Waals surface area contributed by atoms with Crippen molar-refractivity contribution >= 4 is 31.9 Å². The van der Waals surface area contributed by atoms with Gasteiger partial charge in [-0.15, -0.1) is 0 Å². The Balaban J connectivity index is 1.80. The summed E-state index contributed by atoms with van der Waals surface area (Å²) in [7, 11) is -4.03. The van der Waals surface area contributed by atoms with Crippen molar-refractivity contribution in [1.82, 2.24) is 4.72 Å². The molecule has 0 radical (unpaired) electrons. The van der Waals surface area contributed by atoms with Gasteiger partial charge >= 0.3 is 0 Å². The van der Waals surface area contributed by atoms with E-state index < -0.39 is 15.9 Å². The number of ether oxygens (including phenoxy) is 1. The minimum Gasteiger partial charge on any atom is -0.488 e. The van der Waals surface area contributed by atoms with Gasteiger partial charge in [0, 0.05) is 4.47 Å². The monoisotopic (exact) mass is 515 g/mol. The molecule has 168 valence electrons. The number of sulfonamides is 1. The molecule has 1 N–H and O–H groups in total. The first-order valence-corrected chi connectivity index (χ1v) is 12.4. The van der Waals surface area contributed by atoms with E-state index in [1.807, 2.05) is 52.0 Å². The molecular formula is C25H26BrNO4S. The lowest BCUT2D eigenvalue weighted by atomic mass is 9.87. The van der Waals surface area contributed by atoms with Gasteiger partial charge in [-0.3, -0.25) is 4.79 Å². The molecule has 0 aliphatic heterocycles. The maximum absolute atomic E-state index is 12.9. The van der Waals surface area contributed by atoms with Gasteiger partial charge in [0.15, 0.2) is 0 Å². The van der Waals surface area contributed by atoms with Crippen LogP contribution in [0.15, 0.2) is 76.1 Å². The molecule has 32 heavy (non-hydrogen) atoms. The van der Waals surface area contributed by atoms with Crippen molar-refractivity contribution in [3.05, 3.63) is 93.5 Å². The van der Waals surface area contributed by atoms with Gasteiger partial charge in [-0.05, 0) is 65.4 Å². The second-order valence-electron chi connectivity index (χ2n) is 8.62. The zero-order valence-corrected chi connectivity index (χ0v) is 20.9. The smallest absolute Gasteiger partial charge is 0.268 e. The summed E-state index contributed by atoms with van der Waals surface area (Å²) in [5, 5.41) is 0. The average molecular weight is 516 g/mol. The molecule has 5 nitrogen and oxygen atoms in total. The van der Waals surface area contributed by atoms with Crippen LogP contribution >= 0.6 is 15.9 Å². The Morgan fingerprint density at radius 1 is 0.969 bits per heavy atom. The predicted octanol–water partition coefficient (Wildman–Crippen LogP) is 5.75. The van der Waals surface area contributed by atoms with Gasteiger partial charge in [-0.2, -0.15) is 0 Å². The molecule has 3 aromatic rings. The first-order chi connectivity index (χ1) is 15.0. The SMILES string of the molecule is Cc1ccc(C(=O)NS(=O)(=O)c2ccc(C(C)(C)C)cc2)c(OCc2ccc(Br)cc2)c1. The Hall–Kier alpha value is -2.64. The topological polar surface area (TPSA) is 72.5 Å². The van der Waals surface area contributed by atoms with Gasteiger partial charge < -0.3 is 4.74 Å². The summed E-state index contributed by atoms with van der Waals surface area (Å²) in [6, 6.07) is 19.2. The molecule has 3 rings (SSSR count). The normalized spacial score (nSPS) is 11.8. The number of halogens is 1. The van der Waals surface area contributed by atoms with Gasteiger partial charge in [0.2, 0.25) is 0 Å². The van der Waals surface area contributed by atoms with Gasteiger partial charge in [0.1, 0.15) is 12.4 Å². The van der Waals surface area contributed by atoms with Crippen molar-refractivity contribution in [2.75, 3.05) is 0 Å². The number of amides is 1. The standard InChI is InChI=1S/C25H26BrNO4S/c1-17-5-14-22(23(15-17)31-16-18-6-10-20(26)11-7-18)24(28)27-32(29,30)21-12-8-19(9-13-21)25(2,3)4/h5-15H,16H2,1-4H3,(H,27,28). The first kappa shape index (κ1) is 24.0. The van der Waals surface area contributed by atoms with Gasteiger partial charge in [-0.25, -0.2) is 13.1 Å². The third kappa shape index (κ3) is 5.99. The third-order valence-corrected chi connectivity index (χ3v) is 6.82. The highest BCUT2D eigenvalue weighted by Crippen LogP contribution is 2.25. The Morgan fingerprint density at radius 2 is 1.59 bits per heavy atom. The second kappa shape index (κ2) is 9.46. The van der Waals surface area contributed by atoms with E-state index in [-0.39, 0.29) is 22.5 Å². The van der Waals surface area contributed by atoms with Crippen molar-refractivity contribution in [2.45, 2.75) is 44.6 Å². The molecule has 0 aliphatic carbocycles. The van der Waals surface area contributed by atoms with Crippen LogP contribution in [0.25, 0.3) is 0 Å². The summed E-state index contributed by atoms with van der Waals surface area (Å²) in [6.07, 6.45) is 0. The Morgan fingerprint density at radius 3 is 2.19 bits per heavy atom. The van der Waals surface area contributed by atoms with Crippen molar-refractivity contribution < 1.29 is 17.9 Å². The van der Waals surface area contributed by atoms with E-state index in [0.717, 1.165) is 21.2 Å². The highest BCUT2D eigenvalue weighted by molar-refractivity contribution is 9.10. The molecule has 0 aliphatic rings. The van der Waals surface area contributed by atoms with Crippen LogP contribution < -0.4 is 9.46 Å². The van der Waals surface area contributed by atoms with E-state index in [1.54, 1.807) is 30.3 Å². The number of hydrogen-bond acceptors (Lipinski definition) is 4. The number of carbonyl (C=O) groups excluding carboxylic acids is 1. The number of nitrogens with one attached hydrogen (secondary N) is 1. The lowest BCUT2D eigenvalue weighted by Gasteiger charge is -2.19.